The second-order valence-electron chi connectivity index (χ2n) is 9.73. The quantitative estimate of drug-likeness (QED) is 0.463. The van der Waals surface area contributed by atoms with Crippen LogP contribution in [0.15, 0.2) is 29.1 Å². The van der Waals surface area contributed by atoms with Gasteiger partial charge in [-0.15, -0.1) is 0 Å². The van der Waals surface area contributed by atoms with Gasteiger partial charge < -0.3 is 25.3 Å². The van der Waals surface area contributed by atoms with Crippen molar-refractivity contribution in [2.45, 2.75) is 69.9 Å². The van der Waals surface area contributed by atoms with Gasteiger partial charge in [-0.05, 0) is 52.5 Å². The van der Waals surface area contributed by atoms with E-state index < -0.39 is 22.9 Å². The SMILES string of the molecule is Cc1nc(N[C@H](C)c2cccc3c2OCC3(C)F)c2cc([C@]3(O)CC[C@@H](O)CC3)c(=O)[nH]c2n1. The van der Waals surface area contributed by atoms with Crippen LogP contribution in [0, 0.1) is 6.92 Å². The molecule has 1 saturated carbocycles. The number of H-pyrrole nitrogens is 1. The Balaban J connectivity index is 1.55. The summed E-state index contributed by atoms with van der Waals surface area (Å²) in [6.45, 7) is 5.14. The highest BCUT2D eigenvalue weighted by atomic mass is 19.1. The molecule has 0 radical (unpaired) electrons. The minimum atomic E-state index is -1.54. The van der Waals surface area contributed by atoms with Gasteiger partial charge in [0, 0.05) is 16.7 Å². The van der Waals surface area contributed by atoms with Gasteiger partial charge in [0.05, 0.1) is 23.1 Å². The lowest BCUT2D eigenvalue weighted by atomic mass is 9.79. The fraction of sp³-hybridized carbons (Fsp3) is 0.480. The average Bonchev–Trinajstić information content (AvgIpc) is 3.10. The van der Waals surface area contributed by atoms with Crippen LogP contribution >= 0.6 is 0 Å². The van der Waals surface area contributed by atoms with Gasteiger partial charge in [0.1, 0.15) is 29.6 Å². The first-order chi connectivity index (χ1) is 16.1. The van der Waals surface area contributed by atoms with Gasteiger partial charge in [0.25, 0.3) is 5.56 Å². The molecule has 34 heavy (non-hydrogen) atoms. The van der Waals surface area contributed by atoms with E-state index in [9.17, 15) is 19.4 Å². The second kappa shape index (κ2) is 8.02. The molecule has 3 aromatic rings. The summed E-state index contributed by atoms with van der Waals surface area (Å²) in [7, 11) is 0. The molecule has 3 heterocycles. The smallest absolute Gasteiger partial charge is 0.255 e. The van der Waals surface area contributed by atoms with Crippen molar-refractivity contribution in [3.63, 3.8) is 0 Å². The number of para-hydroxylation sites is 1. The summed E-state index contributed by atoms with van der Waals surface area (Å²) >= 11 is 0. The molecule has 8 nitrogen and oxygen atoms in total. The molecule has 1 unspecified atom stereocenters. The first-order valence-electron chi connectivity index (χ1n) is 11.6. The number of nitrogens with zero attached hydrogens (tertiary/aromatic N) is 2. The number of aryl methyl sites for hydroxylation is 1. The zero-order chi connectivity index (χ0) is 24.3. The van der Waals surface area contributed by atoms with Crippen LogP contribution in [-0.2, 0) is 11.3 Å². The number of pyridine rings is 1. The van der Waals surface area contributed by atoms with Crippen LogP contribution in [0.1, 0.15) is 68.1 Å². The van der Waals surface area contributed by atoms with Gasteiger partial charge in [-0.3, -0.25) is 4.79 Å². The van der Waals surface area contributed by atoms with Gasteiger partial charge in [-0.2, -0.15) is 0 Å². The molecule has 1 fully saturated rings. The summed E-state index contributed by atoms with van der Waals surface area (Å²) in [5.74, 6) is 1.49. The zero-order valence-corrected chi connectivity index (χ0v) is 19.5. The third-order valence-corrected chi connectivity index (χ3v) is 7.02. The molecule has 5 rings (SSSR count). The average molecular weight is 469 g/mol. The third-order valence-electron chi connectivity index (χ3n) is 7.02. The zero-order valence-electron chi connectivity index (χ0n) is 19.5. The van der Waals surface area contributed by atoms with Crippen molar-refractivity contribution >= 4 is 16.9 Å². The molecule has 2 atom stereocenters. The van der Waals surface area contributed by atoms with E-state index in [1.165, 1.54) is 6.92 Å². The van der Waals surface area contributed by atoms with Crippen LogP contribution in [0.4, 0.5) is 10.2 Å². The molecule has 2 aromatic heterocycles. The number of fused-ring (bicyclic) bond motifs is 2. The number of nitrogens with one attached hydrogen (secondary N) is 2. The van der Waals surface area contributed by atoms with E-state index in [0.717, 1.165) is 5.56 Å². The number of hydrogen-bond acceptors (Lipinski definition) is 7. The Labute approximate surface area is 196 Å². The van der Waals surface area contributed by atoms with E-state index in [2.05, 4.69) is 20.3 Å². The van der Waals surface area contributed by atoms with E-state index >= 15 is 0 Å². The van der Waals surface area contributed by atoms with Crippen LogP contribution in [-0.4, -0.2) is 37.9 Å². The number of halogens is 1. The molecule has 0 bridgehead atoms. The maximum atomic E-state index is 14.8. The standard InChI is InChI=1S/C25H29FN4O4/c1-13(16-5-4-6-18-20(16)34-12-24(18,3)26)27-21-17-11-19(25(33)9-7-15(31)8-10-25)23(32)30-22(17)29-14(2)28-21/h4-6,11,13,15,31,33H,7-10,12H2,1-3H3,(H2,27,28,29,30,32)/t13-,15-,24?,25+/m1/s1. The summed E-state index contributed by atoms with van der Waals surface area (Å²) in [5.41, 5.74) is -1.34. The van der Waals surface area contributed by atoms with E-state index in [-0.39, 0.29) is 18.2 Å². The van der Waals surface area contributed by atoms with Crippen LogP contribution < -0.4 is 15.6 Å². The largest absolute Gasteiger partial charge is 0.489 e. The lowest BCUT2D eigenvalue weighted by molar-refractivity contribution is -0.0369. The second-order valence-corrected chi connectivity index (χ2v) is 9.73. The Morgan fingerprint density at radius 2 is 2.00 bits per heavy atom. The van der Waals surface area contributed by atoms with Crippen LogP contribution in [0.25, 0.3) is 11.0 Å². The number of aromatic amines is 1. The Kier molecular flexibility index (Phi) is 5.37. The minimum Gasteiger partial charge on any atom is -0.489 e. The van der Waals surface area contributed by atoms with E-state index in [1.54, 1.807) is 19.1 Å². The number of alkyl halides is 1. The monoisotopic (exact) mass is 468 g/mol. The fourth-order valence-electron chi connectivity index (χ4n) is 5.04. The van der Waals surface area contributed by atoms with Crippen LogP contribution in [0.3, 0.4) is 0 Å². The Morgan fingerprint density at radius 1 is 1.26 bits per heavy atom. The third kappa shape index (κ3) is 3.82. The summed E-state index contributed by atoms with van der Waals surface area (Å²) in [6, 6.07) is 6.79. The molecule has 2 aliphatic rings. The van der Waals surface area contributed by atoms with Crippen molar-refractivity contribution in [2.75, 3.05) is 11.9 Å². The highest BCUT2D eigenvalue weighted by Crippen LogP contribution is 2.44. The van der Waals surface area contributed by atoms with Crippen LogP contribution in [0.5, 0.6) is 5.75 Å². The lowest BCUT2D eigenvalue weighted by Gasteiger charge is -2.34. The maximum Gasteiger partial charge on any atom is 0.255 e. The summed E-state index contributed by atoms with van der Waals surface area (Å²) < 4.78 is 20.5. The first-order valence-corrected chi connectivity index (χ1v) is 11.6. The predicted octanol–water partition coefficient (Wildman–Crippen LogP) is 3.50. The van der Waals surface area contributed by atoms with E-state index in [0.29, 0.717) is 59.7 Å². The molecule has 1 aromatic carbocycles. The normalized spacial score (nSPS) is 27.3. The Hall–Kier alpha value is -3.04. The number of rotatable bonds is 4. The van der Waals surface area contributed by atoms with Crippen molar-refractivity contribution in [1.29, 1.82) is 0 Å². The lowest BCUT2D eigenvalue weighted by Crippen LogP contribution is -2.38. The molecule has 1 aliphatic heterocycles. The van der Waals surface area contributed by atoms with Crippen molar-refractivity contribution in [3.8, 4) is 5.75 Å². The highest BCUT2D eigenvalue weighted by molar-refractivity contribution is 5.87. The topological polar surface area (TPSA) is 120 Å². The number of aliphatic hydroxyl groups is 2. The minimum absolute atomic E-state index is 0.0283. The summed E-state index contributed by atoms with van der Waals surface area (Å²) in [4.78, 5) is 24.6. The predicted molar refractivity (Wildman–Crippen MR) is 126 cm³/mol. The molecule has 4 N–H and O–H groups in total. The van der Waals surface area contributed by atoms with Gasteiger partial charge in [-0.1, -0.05) is 18.2 Å². The molecule has 0 amide bonds. The van der Waals surface area contributed by atoms with Gasteiger partial charge in [0.2, 0.25) is 0 Å². The molecule has 0 spiro atoms. The maximum absolute atomic E-state index is 14.8. The molecule has 9 heteroatoms. The number of anilines is 1. The molecule has 180 valence electrons. The highest BCUT2D eigenvalue weighted by Gasteiger charge is 2.39. The Morgan fingerprint density at radius 3 is 2.74 bits per heavy atom. The van der Waals surface area contributed by atoms with Gasteiger partial charge in [-0.25, -0.2) is 14.4 Å². The molecule has 1 aliphatic carbocycles. The van der Waals surface area contributed by atoms with Crippen molar-refractivity contribution < 1.29 is 19.3 Å². The summed E-state index contributed by atoms with van der Waals surface area (Å²) in [5, 5.41) is 25.0. The fourth-order valence-corrected chi connectivity index (χ4v) is 5.04. The number of hydrogen-bond donors (Lipinski definition) is 4. The van der Waals surface area contributed by atoms with Gasteiger partial charge >= 0.3 is 0 Å². The van der Waals surface area contributed by atoms with E-state index in [1.807, 2.05) is 19.1 Å². The van der Waals surface area contributed by atoms with Crippen molar-refractivity contribution in [1.82, 2.24) is 15.0 Å². The van der Waals surface area contributed by atoms with E-state index in [4.69, 9.17) is 4.74 Å². The number of aliphatic hydroxyl groups excluding tert-OH is 1. The summed E-state index contributed by atoms with van der Waals surface area (Å²) in [6.07, 6.45) is 0.971. The van der Waals surface area contributed by atoms with Crippen molar-refractivity contribution in [2.24, 2.45) is 0 Å². The molecular formula is C25H29FN4O4. The Bertz CT molecular complexity index is 1310. The van der Waals surface area contributed by atoms with Crippen LogP contribution in [0.2, 0.25) is 0 Å². The molecular weight excluding hydrogens is 439 g/mol. The van der Waals surface area contributed by atoms with Gasteiger partial charge in [0.15, 0.2) is 5.67 Å². The number of aromatic nitrogens is 3. The molecule has 0 saturated heterocycles. The number of benzene rings is 1. The van der Waals surface area contributed by atoms with Crippen molar-refractivity contribution in [3.05, 3.63) is 57.1 Å². The first kappa shape index (κ1) is 22.7. The number of ether oxygens (including phenoxy) is 1.